The largest absolute Gasteiger partial charge is 0.464 e. The highest BCUT2D eigenvalue weighted by molar-refractivity contribution is 6.35. The minimum absolute atomic E-state index is 0.123. The van der Waals surface area contributed by atoms with Crippen LogP contribution in [0.1, 0.15) is 64.0 Å². The van der Waals surface area contributed by atoms with Gasteiger partial charge < -0.3 is 10.1 Å². The van der Waals surface area contributed by atoms with Crippen LogP contribution >= 0.6 is 23.2 Å². The van der Waals surface area contributed by atoms with Gasteiger partial charge >= 0.3 is 5.97 Å². The number of ether oxygens (including phenoxy) is 1. The minimum Gasteiger partial charge on any atom is -0.464 e. The molecule has 1 aromatic carbocycles. The van der Waals surface area contributed by atoms with Crippen LogP contribution in [0.2, 0.25) is 10.0 Å². The fourth-order valence-electron chi connectivity index (χ4n) is 3.87. The molecule has 1 aromatic rings. The number of hydrogen-bond acceptors (Lipinski definition) is 3. The Morgan fingerprint density at radius 1 is 1.19 bits per heavy atom. The number of benzene rings is 1. The van der Waals surface area contributed by atoms with Crippen LogP contribution in [-0.4, -0.2) is 24.0 Å². The molecule has 0 spiro atoms. The summed E-state index contributed by atoms with van der Waals surface area (Å²) in [5.74, 6) is 0.0598. The van der Waals surface area contributed by atoms with Gasteiger partial charge in [0.05, 0.1) is 13.0 Å². The van der Waals surface area contributed by atoms with E-state index in [2.05, 4.69) is 12.2 Å². The van der Waals surface area contributed by atoms with Crippen LogP contribution in [0.15, 0.2) is 12.1 Å². The highest BCUT2D eigenvalue weighted by Gasteiger charge is 2.44. The standard InChI is InChI=1S/C21H29Cl2NO3/c1-4-14-7-9-21(10-8-14,20(26)27-6-3)24-19(25)13-17-15(5-2)11-16(22)12-18(17)23/h11-12,14H,4-10,13H2,1-3H3,(H,24,25). The summed E-state index contributed by atoms with van der Waals surface area (Å²) in [6, 6.07) is 3.49. The van der Waals surface area contributed by atoms with Crippen molar-refractivity contribution < 1.29 is 14.3 Å². The van der Waals surface area contributed by atoms with Gasteiger partial charge in [0.25, 0.3) is 0 Å². The quantitative estimate of drug-likeness (QED) is 0.631. The van der Waals surface area contributed by atoms with Crippen molar-refractivity contribution in [3.8, 4) is 0 Å². The van der Waals surface area contributed by atoms with E-state index in [0.29, 0.717) is 35.4 Å². The first-order chi connectivity index (χ1) is 12.8. The summed E-state index contributed by atoms with van der Waals surface area (Å²) in [5, 5.41) is 4.04. The number of nitrogens with one attached hydrogen (secondary N) is 1. The Morgan fingerprint density at radius 2 is 1.85 bits per heavy atom. The second kappa shape index (κ2) is 9.79. The van der Waals surface area contributed by atoms with Crippen molar-refractivity contribution in [2.45, 2.75) is 71.3 Å². The number of carbonyl (C=O) groups excluding carboxylic acids is 2. The molecule has 2 rings (SSSR count). The monoisotopic (exact) mass is 413 g/mol. The predicted molar refractivity (Wildman–Crippen MR) is 109 cm³/mol. The molecule has 1 aliphatic rings. The van der Waals surface area contributed by atoms with Gasteiger partial charge in [-0.25, -0.2) is 4.79 Å². The van der Waals surface area contributed by atoms with Crippen LogP contribution in [-0.2, 0) is 27.2 Å². The Bertz CT molecular complexity index is 682. The molecule has 0 aromatic heterocycles. The lowest BCUT2D eigenvalue weighted by Gasteiger charge is -2.38. The summed E-state index contributed by atoms with van der Waals surface area (Å²) in [7, 11) is 0. The molecule has 0 bridgehead atoms. The number of carbonyl (C=O) groups is 2. The van der Waals surface area contributed by atoms with Crippen LogP contribution in [0.5, 0.6) is 0 Å². The molecule has 0 aliphatic heterocycles. The van der Waals surface area contributed by atoms with Crippen LogP contribution in [0.4, 0.5) is 0 Å². The molecule has 0 radical (unpaired) electrons. The summed E-state index contributed by atoms with van der Waals surface area (Å²) < 4.78 is 5.29. The van der Waals surface area contributed by atoms with E-state index in [-0.39, 0.29) is 18.3 Å². The molecule has 0 atom stereocenters. The third-order valence-corrected chi connectivity index (χ3v) is 6.11. The zero-order valence-corrected chi connectivity index (χ0v) is 17.9. The van der Waals surface area contributed by atoms with Crippen molar-refractivity contribution >= 4 is 35.1 Å². The van der Waals surface area contributed by atoms with Gasteiger partial charge in [-0.15, -0.1) is 0 Å². The molecule has 27 heavy (non-hydrogen) atoms. The van der Waals surface area contributed by atoms with Crippen LogP contribution < -0.4 is 5.32 Å². The number of amides is 1. The second-order valence-corrected chi connectivity index (χ2v) is 8.10. The molecule has 0 saturated heterocycles. The maximum Gasteiger partial charge on any atom is 0.331 e. The molecule has 0 heterocycles. The molecular weight excluding hydrogens is 385 g/mol. The zero-order valence-electron chi connectivity index (χ0n) is 16.4. The maximum atomic E-state index is 12.8. The van der Waals surface area contributed by atoms with E-state index >= 15 is 0 Å². The van der Waals surface area contributed by atoms with E-state index in [0.717, 1.165) is 36.8 Å². The molecule has 4 nitrogen and oxygen atoms in total. The predicted octanol–water partition coefficient (Wildman–Crippen LogP) is 5.12. The molecular formula is C21H29Cl2NO3. The van der Waals surface area contributed by atoms with Gasteiger partial charge in [0.15, 0.2) is 0 Å². The van der Waals surface area contributed by atoms with E-state index in [1.54, 1.807) is 13.0 Å². The van der Waals surface area contributed by atoms with Crippen molar-refractivity contribution in [2.24, 2.45) is 5.92 Å². The Labute approximate surface area is 171 Å². The van der Waals surface area contributed by atoms with Crippen LogP contribution in [0, 0.1) is 5.92 Å². The highest BCUT2D eigenvalue weighted by Crippen LogP contribution is 2.35. The molecule has 150 valence electrons. The summed E-state index contributed by atoms with van der Waals surface area (Å²) in [6.07, 6.45) is 5.00. The van der Waals surface area contributed by atoms with Gasteiger partial charge in [0.2, 0.25) is 5.91 Å². The van der Waals surface area contributed by atoms with Gasteiger partial charge in [-0.1, -0.05) is 43.5 Å². The van der Waals surface area contributed by atoms with Crippen molar-refractivity contribution in [2.75, 3.05) is 6.61 Å². The molecule has 1 N–H and O–H groups in total. The van der Waals surface area contributed by atoms with Crippen LogP contribution in [0.3, 0.4) is 0 Å². The SMILES string of the molecule is CCOC(=O)C1(NC(=O)Cc2c(Cl)cc(Cl)cc2CC)CCC(CC)CC1. The molecule has 1 saturated carbocycles. The van der Waals surface area contributed by atoms with Crippen molar-refractivity contribution in [3.63, 3.8) is 0 Å². The number of rotatable bonds is 7. The van der Waals surface area contributed by atoms with Crippen molar-refractivity contribution in [3.05, 3.63) is 33.3 Å². The fraction of sp³-hybridized carbons (Fsp3) is 0.619. The van der Waals surface area contributed by atoms with Gasteiger partial charge in [0.1, 0.15) is 5.54 Å². The van der Waals surface area contributed by atoms with E-state index in [1.807, 2.05) is 13.0 Å². The van der Waals surface area contributed by atoms with E-state index in [1.165, 1.54) is 0 Å². The summed E-state index contributed by atoms with van der Waals surface area (Å²) >= 11 is 12.4. The minimum atomic E-state index is -0.927. The Morgan fingerprint density at radius 3 is 2.41 bits per heavy atom. The first-order valence-electron chi connectivity index (χ1n) is 9.80. The van der Waals surface area contributed by atoms with E-state index in [9.17, 15) is 9.59 Å². The summed E-state index contributed by atoms with van der Waals surface area (Å²) in [5.41, 5.74) is 0.786. The number of hydrogen-bond donors (Lipinski definition) is 1. The third kappa shape index (κ3) is 5.39. The smallest absolute Gasteiger partial charge is 0.331 e. The van der Waals surface area contributed by atoms with Crippen LogP contribution in [0.25, 0.3) is 0 Å². The normalized spacial score (nSPS) is 22.3. The average molecular weight is 414 g/mol. The van der Waals surface area contributed by atoms with E-state index in [4.69, 9.17) is 27.9 Å². The maximum absolute atomic E-state index is 12.8. The highest BCUT2D eigenvalue weighted by atomic mass is 35.5. The number of esters is 1. The number of aryl methyl sites for hydroxylation is 1. The molecule has 1 fully saturated rings. The Kier molecular flexibility index (Phi) is 7.99. The first-order valence-corrected chi connectivity index (χ1v) is 10.6. The van der Waals surface area contributed by atoms with Gasteiger partial charge in [-0.3, -0.25) is 4.79 Å². The first kappa shape index (κ1) is 22.0. The molecule has 1 aliphatic carbocycles. The van der Waals surface area contributed by atoms with Crippen molar-refractivity contribution in [1.82, 2.24) is 5.32 Å². The molecule has 6 heteroatoms. The topological polar surface area (TPSA) is 55.4 Å². The Balaban J connectivity index is 2.18. The summed E-state index contributed by atoms with van der Waals surface area (Å²) in [6.45, 7) is 6.24. The second-order valence-electron chi connectivity index (χ2n) is 7.26. The Hall–Kier alpha value is -1.26. The van der Waals surface area contributed by atoms with Gasteiger partial charge in [-0.2, -0.15) is 0 Å². The van der Waals surface area contributed by atoms with Gasteiger partial charge in [0, 0.05) is 10.0 Å². The van der Waals surface area contributed by atoms with Crippen molar-refractivity contribution in [1.29, 1.82) is 0 Å². The average Bonchev–Trinajstić information content (AvgIpc) is 2.64. The van der Waals surface area contributed by atoms with E-state index < -0.39 is 5.54 Å². The number of halogens is 2. The zero-order chi connectivity index (χ0) is 20.0. The lowest BCUT2D eigenvalue weighted by molar-refractivity contribution is -0.155. The van der Waals surface area contributed by atoms with Gasteiger partial charge in [-0.05, 0) is 68.2 Å². The fourth-order valence-corrected chi connectivity index (χ4v) is 4.47. The summed E-state index contributed by atoms with van der Waals surface area (Å²) in [4.78, 5) is 25.5. The lowest BCUT2D eigenvalue weighted by atomic mass is 9.75. The lowest BCUT2D eigenvalue weighted by Crippen LogP contribution is -2.57. The molecule has 0 unspecified atom stereocenters. The molecule has 1 amide bonds. The third-order valence-electron chi connectivity index (χ3n) is 5.55.